The molecule has 0 aromatic rings. The Bertz CT molecular complexity index is 886. The summed E-state index contributed by atoms with van der Waals surface area (Å²) in [6.07, 6.45) is 47.8. The number of unbranched alkanes of at least 4 members (excludes halogenated alkanes) is 28. The molecule has 0 aliphatic carbocycles. The quantitative estimate of drug-likeness (QED) is 0.0636. The van der Waals surface area contributed by atoms with E-state index < -0.39 is 0 Å². The maximum absolute atomic E-state index is 13.1. The second kappa shape index (κ2) is 42.2. The molecule has 0 unspecified atom stereocenters. The van der Waals surface area contributed by atoms with Crippen LogP contribution in [0.25, 0.3) is 0 Å². The van der Waals surface area contributed by atoms with Crippen LogP contribution in [0, 0.1) is 0 Å². The van der Waals surface area contributed by atoms with Crippen LogP contribution in [0.15, 0.2) is 20.0 Å². The molecule has 324 valence electrons. The average Bonchev–Trinajstić information content (AvgIpc) is 3.20. The van der Waals surface area contributed by atoms with Gasteiger partial charge in [-0.05, 0) is 12.8 Å². The Morgan fingerprint density at radius 2 is 0.536 bits per heavy atom. The predicted molar refractivity (Wildman–Crippen MR) is 246 cm³/mol. The van der Waals surface area contributed by atoms with E-state index in [1.54, 1.807) is 24.9 Å². The number of aliphatic imine (C=N–C) groups is 4. The fraction of sp³-hybridized carbons (Fsp3) is 0.875. The highest BCUT2D eigenvalue weighted by Crippen LogP contribution is 2.16. The van der Waals surface area contributed by atoms with Gasteiger partial charge in [0.05, 0.1) is 26.2 Å². The number of nitrogens with zero attached hydrogens (tertiary/aromatic N) is 6. The second-order valence-corrected chi connectivity index (χ2v) is 16.4. The molecule has 1 aliphatic heterocycles. The molecule has 1 rings (SSSR count). The number of carbonyl (C=O) groups is 2. The van der Waals surface area contributed by atoms with Crippen molar-refractivity contribution in [3.63, 3.8) is 0 Å². The summed E-state index contributed by atoms with van der Waals surface area (Å²) in [5.74, 6) is 0.409. The summed E-state index contributed by atoms with van der Waals surface area (Å²) in [4.78, 5) is 48.0. The van der Waals surface area contributed by atoms with Crippen LogP contribution in [0.3, 0.4) is 0 Å². The fourth-order valence-electron chi connectivity index (χ4n) is 7.53. The Balaban J connectivity index is 2.23. The van der Waals surface area contributed by atoms with E-state index in [9.17, 15) is 9.59 Å². The van der Waals surface area contributed by atoms with Crippen LogP contribution < -0.4 is 0 Å². The molecule has 0 radical (unpaired) electrons. The molecule has 0 aromatic heterocycles. The molecule has 0 N–H and O–H groups in total. The molecule has 1 aliphatic rings. The van der Waals surface area contributed by atoms with Crippen LogP contribution in [-0.4, -0.2) is 98.8 Å². The summed E-state index contributed by atoms with van der Waals surface area (Å²) in [6, 6.07) is 0. The normalized spacial score (nSPS) is 14.7. The minimum atomic E-state index is 0.205. The van der Waals surface area contributed by atoms with Crippen molar-refractivity contribution >= 4 is 36.7 Å². The molecule has 0 bridgehead atoms. The highest BCUT2D eigenvalue weighted by atomic mass is 16.2. The largest absolute Gasteiger partial charge is 0.339 e. The van der Waals surface area contributed by atoms with Gasteiger partial charge in [0.1, 0.15) is 0 Å². The molecule has 0 saturated carbocycles. The standard InChI is InChI=1S/C48H90N6O2/c1-3-5-7-9-11-13-15-17-19-21-23-25-27-29-31-33-47(55)53-43-39-49-35-37-51-41-45-54(46-42-52-38-36-50-40-44-53)48(56)34-32-30-28-26-24-22-20-18-16-14-12-10-8-6-4-2/h35-38H,3-34,39-46H2,1-2H3. The van der Waals surface area contributed by atoms with Crippen LogP contribution in [0.4, 0.5) is 0 Å². The van der Waals surface area contributed by atoms with Crippen molar-refractivity contribution in [2.45, 2.75) is 219 Å². The van der Waals surface area contributed by atoms with Gasteiger partial charge in [-0.25, -0.2) is 0 Å². The summed E-state index contributed by atoms with van der Waals surface area (Å²) in [7, 11) is 0. The van der Waals surface area contributed by atoms with E-state index in [0.29, 0.717) is 65.2 Å². The maximum Gasteiger partial charge on any atom is 0.222 e. The molecular weight excluding hydrogens is 693 g/mol. The van der Waals surface area contributed by atoms with Crippen LogP contribution >= 0.6 is 0 Å². The Morgan fingerprint density at radius 3 is 0.750 bits per heavy atom. The van der Waals surface area contributed by atoms with Gasteiger partial charge in [0, 0.05) is 63.9 Å². The zero-order valence-corrected chi connectivity index (χ0v) is 37.1. The Hall–Kier alpha value is -2.38. The minimum absolute atomic E-state index is 0.205. The van der Waals surface area contributed by atoms with Gasteiger partial charge in [-0.15, -0.1) is 0 Å². The van der Waals surface area contributed by atoms with Gasteiger partial charge in [0.2, 0.25) is 11.8 Å². The monoisotopic (exact) mass is 783 g/mol. The number of hydrogen-bond donors (Lipinski definition) is 0. The summed E-state index contributed by atoms with van der Waals surface area (Å²) in [5, 5.41) is 0. The zero-order valence-electron chi connectivity index (χ0n) is 37.1. The third kappa shape index (κ3) is 34.8. The molecular formula is C48H90N6O2. The van der Waals surface area contributed by atoms with Gasteiger partial charge in [0.25, 0.3) is 0 Å². The van der Waals surface area contributed by atoms with E-state index in [1.807, 2.05) is 9.80 Å². The lowest BCUT2D eigenvalue weighted by Gasteiger charge is -2.21. The molecule has 0 aromatic carbocycles. The van der Waals surface area contributed by atoms with Gasteiger partial charge in [0.15, 0.2) is 0 Å². The predicted octanol–water partition coefficient (Wildman–Crippen LogP) is 12.5. The average molecular weight is 783 g/mol. The third-order valence-corrected chi connectivity index (χ3v) is 11.2. The van der Waals surface area contributed by atoms with Crippen molar-refractivity contribution in [1.82, 2.24) is 9.80 Å². The van der Waals surface area contributed by atoms with Gasteiger partial charge in [-0.2, -0.15) is 0 Å². The lowest BCUT2D eigenvalue weighted by Crippen LogP contribution is -2.35. The Labute approximate surface area is 346 Å². The first-order valence-electron chi connectivity index (χ1n) is 24.2. The van der Waals surface area contributed by atoms with Gasteiger partial charge in [-0.3, -0.25) is 29.6 Å². The minimum Gasteiger partial charge on any atom is -0.339 e. The molecule has 8 nitrogen and oxygen atoms in total. The molecule has 8 heteroatoms. The van der Waals surface area contributed by atoms with E-state index in [-0.39, 0.29) is 11.8 Å². The SMILES string of the molecule is CCCCCCCCCCCCCCCCCC(=O)N1CCN=CC=NCCN(C(=O)CCCCCCCCCCCCCCCCC)CCN=CC=NCC1. The van der Waals surface area contributed by atoms with Crippen LogP contribution in [-0.2, 0) is 9.59 Å². The summed E-state index contributed by atoms with van der Waals surface area (Å²) >= 11 is 0. The second-order valence-electron chi connectivity index (χ2n) is 16.4. The number of carbonyl (C=O) groups excluding carboxylic acids is 2. The van der Waals surface area contributed by atoms with E-state index in [1.165, 1.54) is 167 Å². The lowest BCUT2D eigenvalue weighted by atomic mass is 10.0. The van der Waals surface area contributed by atoms with Crippen molar-refractivity contribution in [2.24, 2.45) is 20.0 Å². The zero-order chi connectivity index (χ0) is 40.3. The fourth-order valence-corrected chi connectivity index (χ4v) is 7.53. The number of amides is 2. The molecule has 2 amide bonds. The molecule has 56 heavy (non-hydrogen) atoms. The third-order valence-electron chi connectivity index (χ3n) is 11.2. The molecule has 0 spiro atoms. The summed E-state index contributed by atoms with van der Waals surface area (Å²) in [6.45, 7) is 9.11. The van der Waals surface area contributed by atoms with E-state index in [4.69, 9.17) is 0 Å². The van der Waals surface area contributed by atoms with Gasteiger partial charge in [-0.1, -0.05) is 194 Å². The summed E-state index contributed by atoms with van der Waals surface area (Å²) in [5.41, 5.74) is 0. The number of rotatable bonds is 32. The Morgan fingerprint density at radius 1 is 0.339 bits per heavy atom. The number of hydrogen-bond acceptors (Lipinski definition) is 6. The molecule has 0 atom stereocenters. The first-order valence-corrected chi connectivity index (χ1v) is 24.2. The van der Waals surface area contributed by atoms with Crippen LogP contribution in [0.2, 0.25) is 0 Å². The highest BCUT2D eigenvalue weighted by molar-refractivity contribution is 6.16. The van der Waals surface area contributed by atoms with E-state index >= 15 is 0 Å². The van der Waals surface area contributed by atoms with Crippen molar-refractivity contribution in [3.8, 4) is 0 Å². The van der Waals surface area contributed by atoms with Crippen LogP contribution in [0.1, 0.15) is 219 Å². The first-order chi connectivity index (χ1) is 27.7. The maximum atomic E-state index is 13.1. The summed E-state index contributed by atoms with van der Waals surface area (Å²) < 4.78 is 0. The van der Waals surface area contributed by atoms with Crippen molar-refractivity contribution < 1.29 is 9.59 Å². The lowest BCUT2D eigenvalue weighted by molar-refractivity contribution is -0.131. The topological polar surface area (TPSA) is 90.1 Å². The first kappa shape index (κ1) is 51.6. The van der Waals surface area contributed by atoms with E-state index in [0.717, 1.165) is 25.7 Å². The molecule has 0 saturated heterocycles. The Kier molecular flexibility index (Phi) is 38.9. The van der Waals surface area contributed by atoms with Gasteiger partial charge < -0.3 is 9.80 Å². The smallest absolute Gasteiger partial charge is 0.222 e. The van der Waals surface area contributed by atoms with Crippen molar-refractivity contribution in [2.75, 3.05) is 52.4 Å². The van der Waals surface area contributed by atoms with Crippen molar-refractivity contribution in [3.05, 3.63) is 0 Å². The van der Waals surface area contributed by atoms with E-state index in [2.05, 4.69) is 33.8 Å². The van der Waals surface area contributed by atoms with Crippen LogP contribution in [0.5, 0.6) is 0 Å². The highest BCUT2D eigenvalue weighted by Gasteiger charge is 2.13. The van der Waals surface area contributed by atoms with Crippen molar-refractivity contribution in [1.29, 1.82) is 0 Å². The molecule has 1 heterocycles. The van der Waals surface area contributed by atoms with Gasteiger partial charge >= 0.3 is 0 Å². The molecule has 0 fully saturated rings.